The Morgan fingerprint density at radius 3 is 2.80 bits per heavy atom. The van der Waals surface area contributed by atoms with E-state index in [0.717, 1.165) is 56.6 Å². The fourth-order valence-corrected chi connectivity index (χ4v) is 2.66. The maximum atomic E-state index is 9.91. The zero-order valence-corrected chi connectivity index (χ0v) is 12.3. The van der Waals surface area contributed by atoms with Crippen LogP contribution >= 0.6 is 0 Å². The van der Waals surface area contributed by atoms with Crippen molar-refractivity contribution in [3.8, 4) is 5.75 Å². The number of phenols is 1. The number of benzene rings is 1. The van der Waals surface area contributed by atoms with Crippen molar-refractivity contribution in [2.45, 2.75) is 38.8 Å². The Morgan fingerprint density at radius 1 is 1.30 bits per heavy atom. The molecule has 0 aromatic heterocycles. The zero-order chi connectivity index (χ0) is 14.4. The lowest BCUT2D eigenvalue weighted by Gasteiger charge is -2.29. The van der Waals surface area contributed by atoms with Gasteiger partial charge in [0, 0.05) is 25.2 Å². The highest BCUT2D eigenvalue weighted by Crippen LogP contribution is 2.20. The van der Waals surface area contributed by atoms with Crippen molar-refractivity contribution in [1.29, 1.82) is 0 Å². The second kappa shape index (κ2) is 7.62. The molecule has 1 heterocycles. The third-order valence-corrected chi connectivity index (χ3v) is 4.02. The van der Waals surface area contributed by atoms with Gasteiger partial charge >= 0.3 is 0 Å². The summed E-state index contributed by atoms with van der Waals surface area (Å²) < 4.78 is 0. The van der Waals surface area contributed by atoms with E-state index in [1.165, 1.54) is 0 Å². The molecular formula is C16H26N2O2. The van der Waals surface area contributed by atoms with E-state index in [4.69, 9.17) is 0 Å². The van der Waals surface area contributed by atoms with Gasteiger partial charge in [-0.25, -0.2) is 0 Å². The second-order valence-corrected chi connectivity index (χ2v) is 5.69. The number of aliphatic hydroxyl groups excluding tert-OH is 1. The van der Waals surface area contributed by atoms with Crippen LogP contribution in [-0.2, 0) is 6.54 Å². The molecule has 0 spiro atoms. The predicted octanol–water partition coefficient (Wildman–Crippen LogP) is 1.64. The minimum absolute atomic E-state index is 0.0892. The standard InChI is InChI=1S/C16H26N2O2/c1-13-4-2-5-14(16(13)20)12-17-8-3-9-18-10-6-15(19)7-11-18/h2,4-5,15,17,19-20H,3,6-12H2,1H3. The number of nitrogens with one attached hydrogen (secondary N) is 1. The van der Waals surface area contributed by atoms with Crippen molar-refractivity contribution in [2.24, 2.45) is 0 Å². The summed E-state index contributed by atoms with van der Waals surface area (Å²) in [5.74, 6) is 0.407. The molecule has 1 fully saturated rings. The van der Waals surface area contributed by atoms with E-state index < -0.39 is 0 Å². The molecule has 0 bridgehead atoms. The van der Waals surface area contributed by atoms with Crippen LogP contribution in [0.3, 0.4) is 0 Å². The van der Waals surface area contributed by atoms with Gasteiger partial charge in [-0.1, -0.05) is 18.2 Å². The third kappa shape index (κ3) is 4.47. The lowest BCUT2D eigenvalue weighted by Crippen LogP contribution is -2.37. The summed E-state index contributed by atoms with van der Waals surface area (Å²) in [7, 11) is 0. The van der Waals surface area contributed by atoms with Crippen LogP contribution in [0.5, 0.6) is 5.75 Å². The molecular weight excluding hydrogens is 252 g/mol. The molecule has 1 aromatic rings. The largest absolute Gasteiger partial charge is 0.507 e. The van der Waals surface area contributed by atoms with E-state index in [0.29, 0.717) is 12.3 Å². The number of phenolic OH excluding ortho intramolecular Hbond substituents is 1. The van der Waals surface area contributed by atoms with Crippen molar-refractivity contribution in [2.75, 3.05) is 26.2 Å². The van der Waals surface area contributed by atoms with Gasteiger partial charge in [-0.2, -0.15) is 0 Å². The number of aryl methyl sites for hydroxylation is 1. The minimum atomic E-state index is -0.0892. The number of hydrogen-bond donors (Lipinski definition) is 3. The van der Waals surface area contributed by atoms with E-state index >= 15 is 0 Å². The topological polar surface area (TPSA) is 55.7 Å². The first-order chi connectivity index (χ1) is 9.66. The first-order valence-electron chi connectivity index (χ1n) is 7.55. The van der Waals surface area contributed by atoms with E-state index in [1.807, 2.05) is 25.1 Å². The number of aliphatic hydroxyl groups is 1. The number of aromatic hydroxyl groups is 1. The van der Waals surface area contributed by atoms with Crippen LogP contribution < -0.4 is 5.32 Å². The molecule has 0 radical (unpaired) electrons. The summed E-state index contributed by atoms with van der Waals surface area (Å²) in [6.45, 7) is 6.70. The summed E-state index contributed by atoms with van der Waals surface area (Å²) >= 11 is 0. The Kier molecular flexibility index (Phi) is 5.83. The van der Waals surface area contributed by atoms with Crippen molar-refractivity contribution in [3.63, 3.8) is 0 Å². The molecule has 4 nitrogen and oxygen atoms in total. The van der Waals surface area contributed by atoms with Gasteiger partial charge in [0.25, 0.3) is 0 Å². The molecule has 112 valence electrons. The fraction of sp³-hybridized carbons (Fsp3) is 0.625. The van der Waals surface area contributed by atoms with Crippen LogP contribution in [0.1, 0.15) is 30.4 Å². The average Bonchev–Trinajstić information content (AvgIpc) is 2.45. The normalized spacial score (nSPS) is 17.5. The zero-order valence-electron chi connectivity index (χ0n) is 12.3. The molecule has 3 N–H and O–H groups in total. The number of nitrogens with zero attached hydrogens (tertiary/aromatic N) is 1. The number of hydrogen-bond acceptors (Lipinski definition) is 4. The lowest BCUT2D eigenvalue weighted by molar-refractivity contribution is 0.0821. The van der Waals surface area contributed by atoms with Gasteiger partial charge in [0.05, 0.1) is 6.10 Å². The number of rotatable bonds is 6. The molecule has 2 rings (SSSR count). The van der Waals surface area contributed by atoms with Crippen LogP contribution in [0.25, 0.3) is 0 Å². The Hall–Kier alpha value is -1.10. The molecule has 0 aliphatic carbocycles. The first-order valence-corrected chi connectivity index (χ1v) is 7.55. The van der Waals surface area contributed by atoms with Gasteiger partial charge in [0.1, 0.15) is 5.75 Å². The summed E-state index contributed by atoms with van der Waals surface area (Å²) in [6, 6.07) is 5.86. The van der Waals surface area contributed by atoms with E-state index in [1.54, 1.807) is 0 Å². The van der Waals surface area contributed by atoms with Crippen LogP contribution in [0.4, 0.5) is 0 Å². The summed E-state index contributed by atoms with van der Waals surface area (Å²) in [4.78, 5) is 2.42. The summed E-state index contributed by atoms with van der Waals surface area (Å²) in [6.07, 6.45) is 2.83. The van der Waals surface area contributed by atoms with Crippen molar-refractivity contribution < 1.29 is 10.2 Å². The van der Waals surface area contributed by atoms with Crippen molar-refractivity contribution in [3.05, 3.63) is 29.3 Å². The average molecular weight is 278 g/mol. The maximum Gasteiger partial charge on any atom is 0.122 e. The summed E-state index contributed by atoms with van der Waals surface area (Å²) in [5.41, 5.74) is 1.89. The highest BCUT2D eigenvalue weighted by molar-refractivity contribution is 5.39. The second-order valence-electron chi connectivity index (χ2n) is 5.69. The molecule has 1 aliphatic rings. The first kappa shape index (κ1) is 15.3. The van der Waals surface area contributed by atoms with E-state index in [2.05, 4.69) is 10.2 Å². The molecule has 1 saturated heterocycles. The van der Waals surface area contributed by atoms with Crippen molar-refractivity contribution >= 4 is 0 Å². The van der Waals surface area contributed by atoms with Crippen LogP contribution in [0.2, 0.25) is 0 Å². The highest BCUT2D eigenvalue weighted by atomic mass is 16.3. The van der Waals surface area contributed by atoms with Gasteiger partial charge in [0.15, 0.2) is 0 Å². The Balaban J connectivity index is 1.61. The summed E-state index contributed by atoms with van der Waals surface area (Å²) in [5, 5.41) is 22.7. The quantitative estimate of drug-likeness (QED) is 0.692. The predicted molar refractivity (Wildman–Crippen MR) is 80.8 cm³/mol. The molecule has 1 aliphatic heterocycles. The van der Waals surface area contributed by atoms with Gasteiger partial charge in [-0.3, -0.25) is 0 Å². The van der Waals surface area contributed by atoms with Crippen LogP contribution in [0.15, 0.2) is 18.2 Å². The molecule has 20 heavy (non-hydrogen) atoms. The lowest BCUT2D eigenvalue weighted by atomic mass is 10.1. The molecule has 0 saturated carbocycles. The molecule has 0 unspecified atom stereocenters. The Labute approximate surface area is 121 Å². The minimum Gasteiger partial charge on any atom is -0.507 e. The number of para-hydroxylation sites is 1. The SMILES string of the molecule is Cc1cccc(CNCCCN2CCC(O)CC2)c1O. The molecule has 0 atom stereocenters. The highest BCUT2D eigenvalue weighted by Gasteiger charge is 2.15. The van der Waals surface area contributed by atoms with Crippen LogP contribution in [-0.4, -0.2) is 47.4 Å². The Bertz CT molecular complexity index is 415. The molecule has 1 aromatic carbocycles. The number of likely N-dealkylation sites (tertiary alicyclic amines) is 1. The van der Waals surface area contributed by atoms with Gasteiger partial charge < -0.3 is 20.4 Å². The molecule has 0 amide bonds. The van der Waals surface area contributed by atoms with E-state index in [9.17, 15) is 10.2 Å². The Morgan fingerprint density at radius 2 is 2.05 bits per heavy atom. The van der Waals surface area contributed by atoms with Gasteiger partial charge in [-0.05, 0) is 44.8 Å². The maximum absolute atomic E-state index is 9.91. The third-order valence-electron chi connectivity index (χ3n) is 4.02. The van der Waals surface area contributed by atoms with Gasteiger partial charge in [-0.15, -0.1) is 0 Å². The molecule has 4 heteroatoms. The van der Waals surface area contributed by atoms with Crippen molar-refractivity contribution in [1.82, 2.24) is 10.2 Å². The van der Waals surface area contributed by atoms with Gasteiger partial charge in [0.2, 0.25) is 0 Å². The fourth-order valence-electron chi connectivity index (χ4n) is 2.66. The van der Waals surface area contributed by atoms with Crippen LogP contribution in [0, 0.1) is 6.92 Å². The number of piperidine rings is 1. The smallest absolute Gasteiger partial charge is 0.122 e. The monoisotopic (exact) mass is 278 g/mol. The van der Waals surface area contributed by atoms with E-state index in [-0.39, 0.29) is 6.10 Å².